The molecular formula is C22H17N3O4. The van der Waals surface area contributed by atoms with E-state index < -0.39 is 11.4 Å². The molecule has 0 radical (unpaired) electrons. The Morgan fingerprint density at radius 2 is 1.72 bits per heavy atom. The predicted molar refractivity (Wildman–Crippen MR) is 106 cm³/mol. The predicted octanol–water partition coefficient (Wildman–Crippen LogP) is 3.55. The Labute approximate surface area is 166 Å². The van der Waals surface area contributed by atoms with Crippen LogP contribution in [0.4, 0.5) is 0 Å². The molecule has 29 heavy (non-hydrogen) atoms. The second-order valence-corrected chi connectivity index (χ2v) is 6.37. The van der Waals surface area contributed by atoms with Crippen LogP contribution in [0.15, 0.2) is 82.1 Å². The number of esters is 1. The van der Waals surface area contributed by atoms with Gasteiger partial charge in [0.2, 0.25) is 11.1 Å². The summed E-state index contributed by atoms with van der Waals surface area (Å²) in [6, 6.07) is 21.8. The van der Waals surface area contributed by atoms with E-state index in [1.54, 1.807) is 13.0 Å². The lowest BCUT2D eigenvalue weighted by Crippen LogP contribution is -2.24. The van der Waals surface area contributed by atoms with Crippen molar-refractivity contribution in [2.24, 2.45) is 0 Å². The zero-order valence-electron chi connectivity index (χ0n) is 15.6. The Hall–Kier alpha value is -4.00. The van der Waals surface area contributed by atoms with E-state index >= 15 is 0 Å². The third-order valence-corrected chi connectivity index (χ3v) is 4.28. The number of benzene rings is 2. The maximum absolute atomic E-state index is 12.5. The number of aryl methyl sites for hydroxylation is 1. The standard InChI is InChI=1S/C22H17N3O4/c1-15-12-20(26)21(23-25(15)17-10-6-3-7-11-17)22(27)28-14-18-13-19(24-29-18)16-8-4-2-5-9-16/h2-13H,14H2,1H3. The minimum Gasteiger partial charge on any atom is -0.453 e. The van der Waals surface area contributed by atoms with Gasteiger partial charge in [-0.1, -0.05) is 53.7 Å². The third kappa shape index (κ3) is 3.98. The molecule has 0 bridgehead atoms. The van der Waals surface area contributed by atoms with Crippen LogP contribution in [0.1, 0.15) is 21.9 Å². The Morgan fingerprint density at radius 3 is 2.45 bits per heavy atom. The molecule has 7 nitrogen and oxygen atoms in total. The Morgan fingerprint density at radius 1 is 1.03 bits per heavy atom. The zero-order valence-corrected chi connectivity index (χ0v) is 15.6. The number of hydrogen-bond acceptors (Lipinski definition) is 6. The number of aromatic nitrogens is 3. The van der Waals surface area contributed by atoms with Crippen LogP contribution in [0.3, 0.4) is 0 Å². The van der Waals surface area contributed by atoms with Gasteiger partial charge in [0.05, 0.1) is 5.69 Å². The Bertz CT molecular complexity index is 1200. The van der Waals surface area contributed by atoms with E-state index in [0.29, 0.717) is 17.1 Å². The van der Waals surface area contributed by atoms with Crippen LogP contribution in [-0.4, -0.2) is 20.9 Å². The first kappa shape index (κ1) is 18.4. The number of nitrogens with zero attached hydrogens (tertiary/aromatic N) is 3. The van der Waals surface area contributed by atoms with Crippen molar-refractivity contribution in [3.63, 3.8) is 0 Å². The molecule has 4 rings (SSSR count). The third-order valence-electron chi connectivity index (χ3n) is 4.28. The van der Waals surface area contributed by atoms with E-state index in [0.717, 1.165) is 11.3 Å². The van der Waals surface area contributed by atoms with Crippen molar-refractivity contribution in [2.75, 3.05) is 0 Å². The lowest BCUT2D eigenvalue weighted by Gasteiger charge is -2.10. The summed E-state index contributed by atoms with van der Waals surface area (Å²) in [6.45, 7) is 1.59. The summed E-state index contributed by atoms with van der Waals surface area (Å²) in [6.07, 6.45) is 0. The monoisotopic (exact) mass is 387 g/mol. The van der Waals surface area contributed by atoms with E-state index in [1.165, 1.54) is 10.7 Å². The van der Waals surface area contributed by atoms with Crippen molar-refractivity contribution < 1.29 is 14.1 Å². The highest BCUT2D eigenvalue weighted by molar-refractivity contribution is 5.86. The molecule has 0 N–H and O–H groups in total. The van der Waals surface area contributed by atoms with Crippen LogP contribution in [-0.2, 0) is 11.3 Å². The molecular weight excluding hydrogens is 370 g/mol. The summed E-state index contributed by atoms with van der Waals surface area (Å²) in [4.78, 5) is 24.7. The van der Waals surface area contributed by atoms with Gasteiger partial charge < -0.3 is 9.26 Å². The molecule has 2 aromatic carbocycles. The molecule has 7 heteroatoms. The van der Waals surface area contributed by atoms with Gasteiger partial charge in [-0.15, -0.1) is 0 Å². The Kier molecular flexibility index (Phi) is 5.03. The molecule has 4 aromatic rings. The number of ether oxygens (including phenoxy) is 1. The number of rotatable bonds is 5. The van der Waals surface area contributed by atoms with E-state index in [9.17, 15) is 9.59 Å². The van der Waals surface area contributed by atoms with Crippen molar-refractivity contribution in [1.82, 2.24) is 14.9 Å². The minimum absolute atomic E-state index is 0.154. The summed E-state index contributed by atoms with van der Waals surface area (Å²) < 4.78 is 12.0. The highest BCUT2D eigenvalue weighted by Gasteiger charge is 2.18. The Balaban J connectivity index is 1.52. The summed E-state index contributed by atoms with van der Waals surface area (Å²) >= 11 is 0. The molecule has 0 unspecified atom stereocenters. The topological polar surface area (TPSA) is 87.2 Å². The lowest BCUT2D eigenvalue weighted by molar-refractivity contribution is 0.0426. The van der Waals surface area contributed by atoms with Crippen LogP contribution in [0.5, 0.6) is 0 Å². The van der Waals surface area contributed by atoms with Crippen LogP contribution in [0, 0.1) is 6.92 Å². The molecule has 2 heterocycles. The molecule has 0 aliphatic rings. The molecule has 2 aromatic heterocycles. The molecule has 0 atom stereocenters. The van der Waals surface area contributed by atoms with Gasteiger partial charge in [0.15, 0.2) is 12.4 Å². The highest BCUT2D eigenvalue weighted by Crippen LogP contribution is 2.19. The average molecular weight is 387 g/mol. The van der Waals surface area contributed by atoms with Crippen molar-refractivity contribution in [1.29, 1.82) is 0 Å². The normalized spacial score (nSPS) is 10.7. The lowest BCUT2D eigenvalue weighted by atomic mass is 10.1. The largest absolute Gasteiger partial charge is 0.453 e. The van der Waals surface area contributed by atoms with Crippen molar-refractivity contribution >= 4 is 5.97 Å². The summed E-state index contributed by atoms with van der Waals surface area (Å²) in [7, 11) is 0. The van der Waals surface area contributed by atoms with Gasteiger partial charge in [0, 0.05) is 23.4 Å². The number of carbonyl (C=O) groups excluding carboxylic acids is 1. The fourth-order valence-electron chi connectivity index (χ4n) is 2.85. The summed E-state index contributed by atoms with van der Waals surface area (Å²) in [5, 5.41) is 8.16. The van der Waals surface area contributed by atoms with Gasteiger partial charge in [0.25, 0.3) is 0 Å². The van der Waals surface area contributed by atoms with Gasteiger partial charge >= 0.3 is 5.97 Å². The minimum atomic E-state index is -0.822. The van der Waals surface area contributed by atoms with E-state index in [1.807, 2.05) is 60.7 Å². The molecule has 0 saturated carbocycles. The summed E-state index contributed by atoms with van der Waals surface area (Å²) in [5.74, 6) is -0.454. The molecule has 0 fully saturated rings. The molecule has 0 spiro atoms. The van der Waals surface area contributed by atoms with Gasteiger partial charge in [-0.2, -0.15) is 5.10 Å². The van der Waals surface area contributed by atoms with Crippen molar-refractivity contribution in [3.8, 4) is 16.9 Å². The molecule has 144 valence electrons. The van der Waals surface area contributed by atoms with Crippen LogP contribution in [0.2, 0.25) is 0 Å². The number of carbonyl (C=O) groups is 1. The average Bonchev–Trinajstić information content (AvgIpc) is 3.22. The van der Waals surface area contributed by atoms with Crippen molar-refractivity contribution in [3.05, 3.63) is 100 Å². The maximum Gasteiger partial charge on any atom is 0.363 e. The quantitative estimate of drug-likeness (QED) is 0.487. The molecule has 0 amide bonds. The van der Waals surface area contributed by atoms with Gasteiger partial charge in [0.1, 0.15) is 5.69 Å². The first-order valence-electron chi connectivity index (χ1n) is 8.96. The van der Waals surface area contributed by atoms with E-state index in [-0.39, 0.29) is 12.3 Å². The zero-order chi connectivity index (χ0) is 20.2. The molecule has 0 aliphatic heterocycles. The maximum atomic E-state index is 12.5. The van der Waals surface area contributed by atoms with Crippen LogP contribution in [0.25, 0.3) is 16.9 Å². The van der Waals surface area contributed by atoms with Gasteiger partial charge in [-0.3, -0.25) is 4.79 Å². The molecule has 0 aliphatic carbocycles. The fraction of sp³-hybridized carbons (Fsp3) is 0.0909. The fourth-order valence-corrected chi connectivity index (χ4v) is 2.85. The second-order valence-electron chi connectivity index (χ2n) is 6.37. The van der Waals surface area contributed by atoms with E-state index in [2.05, 4.69) is 10.3 Å². The first-order valence-corrected chi connectivity index (χ1v) is 8.96. The number of para-hydroxylation sites is 1. The molecule has 0 saturated heterocycles. The first-order chi connectivity index (χ1) is 14.1. The second kappa shape index (κ2) is 7.93. The smallest absolute Gasteiger partial charge is 0.363 e. The summed E-state index contributed by atoms with van der Waals surface area (Å²) in [5.41, 5.74) is 2.09. The SMILES string of the molecule is Cc1cc(=O)c(C(=O)OCc2cc(-c3ccccc3)no2)nn1-c1ccccc1. The van der Waals surface area contributed by atoms with Crippen LogP contribution < -0.4 is 5.43 Å². The highest BCUT2D eigenvalue weighted by atomic mass is 16.5. The van der Waals surface area contributed by atoms with E-state index in [4.69, 9.17) is 9.26 Å². The van der Waals surface area contributed by atoms with Crippen molar-refractivity contribution in [2.45, 2.75) is 13.5 Å². The van der Waals surface area contributed by atoms with Crippen LogP contribution >= 0.6 is 0 Å². The van der Waals surface area contributed by atoms with Gasteiger partial charge in [-0.25, -0.2) is 9.48 Å². The number of hydrogen-bond donors (Lipinski definition) is 0. The van der Waals surface area contributed by atoms with Gasteiger partial charge in [-0.05, 0) is 19.1 Å².